The van der Waals surface area contributed by atoms with Crippen molar-refractivity contribution in [1.29, 1.82) is 0 Å². The Morgan fingerprint density at radius 2 is 1.55 bits per heavy atom. The van der Waals surface area contributed by atoms with Gasteiger partial charge in [-0.05, 0) is 24.5 Å². The minimum Gasteiger partial charge on any atom is -0.493 e. The van der Waals surface area contributed by atoms with Crippen molar-refractivity contribution in [2.24, 2.45) is 0 Å². The summed E-state index contributed by atoms with van der Waals surface area (Å²) in [4.78, 5) is 8.56. The summed E-state index contributed by atoms with van der Waals surface area (Å²) in [5.41, 5.74) is 1.36. The van der Waals surface area contributed by atoms with Crippen molar-refractivity contribution < 1.29 is 37.3 Å². The van der Waals surface area contributed by atoms with Crippen LogP contribution in [0, 0.1) is 0 Å². The molecule has 0 bridgehead atoms. The second kappa shape index (κ2) is 15.3. The molecule has 0 fully saturated rings. The summed E-state index contributed by atoms with van der Waals surface area (Å²) in [6.07, 6.45) is 0.507. The molecule has 11 heteroatoms. The molecule has 0 saturated heterocycles. The molecule has 2 radical (unpaired) electrons. The van der Waals surface area contributed by atoms with E-state index < -0.39 is 16.6 Å². The normalized spacial score (nSPS) is 10.8. The average Bonchev–Trinajstić information content (AvgIpc) is 2.26. The van der Waals surface area contributed by atoms with Gasteiger partial charge in [0.05, 0.1) is 6.61 Å². The molecule has 0 aromatic heterocycles. The van der Waals surface area contributed by atoms with E-state index in [2.05, 4.69) is 12.1 Å². The number of fused-ring (bicyclic) bond motifs is 1. The van der Waals surface area contributed by atoms with Crippen molar-refractivity contribution in [3.63, 3.8) is 0 Å². The van der Waals surface area contributed by atoms with Crippen LogP contribution in [0.15, 0.2) is 24.3 Å². The van der Waals surface area contributed by atoms with E-state index in [0.29, 0.717) is 0 Å². The Balaban J connectivity index is -0.000000119. The molecule has 0 spiro atoms. The number of carbonyl (C=O) groups is 1. The number of benzene rings is 1. The summed E-state index contributed by atoms with van der Waals surface area (Å²) in [6, 6.07) is 8.25. The first-order valence-electron chi connectivity index (χ1n) is 5.02. The summed E-state index contributed by atoms with van der Waals surface area (Å²) in [5, 5.41) is 13.9. The van der Waals surface area contributed by atoms with Crippen LogP contribution in [0.1, 0.15) is 19.4 Å². The Morgan fingerprint density at radius 1 is 1.14 bits per heavy atom. The van der Waals surface area contributed by atoms with Gasteiger partial charge >= 0.3 is 43.9 Å². The third-order valence-electron chi connectivity index (χ3n) is 1.82. The fourth-order valence-electron chi connectivity index (χ4n) is 1.30. The zero-order valence-electron chi connectivity index (χ0n) is 11.0. The van der Waals surface area contributed by atoms with Crippen molar-refractivity contribution >= 4 is 57.3 Å². The second-order valence-corrected chi connectivity index (χ2v) is 4.19. The van der Waals surface area contributed by atoms with Gasteiger partial charge in [0.2, 0.25) is 0 Å². The number of rotatable bonds is 0. The quantitative estimate of drug-likeness (QED) is 0.279. The molecule has 1 heterocycles. The van der Waals surface area contributed by atoms with Gasteiger partial charge in [0.15, 0.2) is 0 Å². The van der Waals surface area contributed by atoms with E-state index in [4.69, 9.17) is 37.3 Å². The predicted octanol–water partition coefficient (Wildman–Crippen LogP) is 1.41. The number of hydrogen-bond donors (Lipinski definition) is 4. The standard InChI is InChI=1S/C9H10O.CH2O3.CH4.H2O4S.Pb.H2S.2H/c1-2-6-9-8(4-1)5-3-7-10-9;2-1(3)4;;1-5(2,3)4;;;;/h1-2,4,6H,3,5,7H2;(H2,2,3,4);1H4;(H2,1,2,3,4);;1H2;;. The van der Waals surface area contributed by atoms with E-state index in [9.17, 15) is 0 Å². The molecule has 0 aliphatic carbocycles. The van der Waals surface area contributed by atoms with E-state index in [1.807, 2.05) is 12.1 Å². The van der Waals surface area contributed by atoms with Gasteiger partial charge in [0, 0.05) is 0 Å². The molecular formula is C11H22O8PbS2. The van der Waals surface area contributed by atoms with E-state index >= 15 is 0 Å². The third kappa shape index (κ3) is 21.7. The molecule has 1 aromatic carbocycles. The van der Waals surface area contributed by atoms with Crippen LogP contribution in [-0.2, 0) is 16.8 Å². The number of carboxylic acid groups (broad SMARTS) is 2. The van der Waals surface area contributed by atoms with E-state index in [-0.39, 0.29) is 48.2 Å². The maximum Gasteiger partial charge on any atom is 0.122 e. The van der Waals surface area contributed by atoms with E-state index in [1.165, 1.54) is 12.0 Å². The van der Waals surface area contributed by atoms with Gasteiger partial charge in [0.25, 0.3) is 0 Å². The number of aryl methyl sites for hydroxylation is 1. The summed E-state index contributed by atoms with van der Waals surface area (Å²) in [7, 11) is -4.67. The van der Waals surface area contributed by atoms with Gasteiger partial charge in [-0.25, -0.2) is 4.79 Å². The maximum atomic E-state index is 8.74. The summed E-state index contributed by atoms with van der Waals surface area (Å²) >= 11 is 0. The van der Waals surface area contributed by atoms with Crippen LogP contribution < -0.4 is 4.74 Å². The number of hydrogen-bond acceptors (Lipinski definition) is 4. The molecule has 1 aliphatic rings. The summed E-state index contributed by atoms with van der Waals surface area (Å²) in [5.74, 6) is 1.08. The molecule has 130 valence electrons. The fourth-order valence-corrected chi connectivity index (χ4v) is 1.30. The first kappa shape index (κ1) is 29.4. The molecule has 0 saturated carbocycles. The van der Waals surface area contributed by atoms with Crippen LogP contribution in [0.4, 0.5) is 4.79 Å². The first-order chi connectivity index (χ1) is 8.70. The molecule has 1 aromatic rings. The molecule has 8 nitrogen and oxygen atoms in total. The zero-order chi connectivity index (χ0) is 14.9. The third-order valence-corrected chi connectivity index (χ3v) is 1.82. The Hall–Kier alpha value is -0.568. The first-order valence-corrected chi connectivity index (χ1v) is 6.42. The smallest absolute Gasteiger partial charge is 0.122 e. The summed E-state index contributed by atoms with van der Waals surface area (Å²) < 4.78 is 37.0. The molecule has 4 N–H and O–H groups in total. The molecule has 0 amide bonds. The van der Waals surface area contributed by atoms with Crippen LogP contribution in [0.3, 0.4) is 0 Å². The molecule has 1 aliphatic heterocycles. The average molecular weight is 554 g/mol. The molecule has 22 heavy (non-hydrogen) atoms. The van der Waals surface area contributed by atoms with Crippen molar-refractivity contribution in [2.75, 3.05) is 6.61 Å². The van der Waals surface area contributed by atoms with Crippen molar-refractivity contribution in [3.05, 3.63) is 29.8 Å². The second-order valence-electron chi connectivity index (χ2n) is 3.29. The van der Waals surface area contributed by atoms with Crippen LogP contribution in [-0.4, -0.2) is 67.8 Å². The van der Waals surface area contributed by atoms with Crippen molar-refractivity contribution in [1.82, 2.24) is 0 Å². The Bertz CT molecular complexity index is 470. The van der Waals surface area contributed by atoms with Crippen LogP contribution in [0.25, 0.3) is 0 Å². The predicted molar refractivity (Wildman–Crippen MR) is 90.7 cm³/mol. The van der Waals surface area contributed by atoms with E-state index in [1.54, 1.807) is 0 Å². The van der Waals surface area contributed by atoms with Crippen LogP contribution >= 0.6 is 13.5 Å². The van der Waals surface area contributed by atoms with E-state index in [0.717, 1.165) is 18.8 Å². The SMILES string of the molecule is C.O=C(O)O.O=S(=O)(O)O.S.[PbH2].c1ccc2c(c1)CCCO2. The molecular weight excluding hydrogens is 531 g/mol. The van der Waals surface area contributed by atoms with Gasteiger partial charge in [0.1, 0.15) is 5.75 Å². The Kier molecular flexibility index (Phi) is 20.5. The molecule has 0 unspecified atom stereocenters. The topological polar surface area (TPSA) is 141 Å². The summed E-state index contributed by atoms with van der Waals surface area (Å²) in [6.45, 7) is 0.886. The molecule has 2 rings (SSSR count). The van der Waals surface area contributed by atoms with Gasteiger partial charge in [-0.3, -0.25) is 9.11 Å². The minimum absolute atomic E-state index is 0. The Morgan fingerprint density at radius 3 is 1.95 bits per heavy atom. The number of ether oxygens (including phenoxy) is 1. The number of para-hydroxylation sites is 1. The van der Waals surface area contributed by atoms with Gasteiger partial charge in [-0.1, -0.05) is 25.6 Å². The minimum atomic E-state index is -4.67. The van der Waals surface area contributed by atoms with Crippen molar-refractivity contribution in [2.45, 2.75) is 20.3 Å². The van der Waals surface area contributed by atoms with Gasteiger partial charge < -0.3 is 14.9 Å². The largest absolute Gasteiger partial charge is 0.493 e. The Labute approximate surface area is 156 Å². The zero-order valence-corrected chi connectivity index (χ0v) is 18.3. The monoisotopic (exact) mass is 554 g/mol. The fraction of sp³-hybridized carbons (Fsp3) is 0.364. The van der Waals surface area contributed by atoms with Crippen LogP contribution in [0.5, 0.6) is 5.75 Å². The molecule has 0 atom stereocenters. The van der Waals surface area contributed by atoms with Gasteiger partial charge in [-0.15, -0.1) is 0 Å². The maximum absolute atomic E-state index is 8.74. The van der Waals surface area contributed by atoms with Gasteiger partial charge in [-0.2, -0.15) is 21.9 Å². The van der Waals surface area contributed by atoms with Crippen LogP contribution in [0.2, 0.25) is 0 Å². The van der Waals surface area contributed by atoms with Crippen molar-refractivity contribution in [3.8, 4) is 5.75 Å².